The van der Waals surface area contributed by atoms with Crippen LogP contribution in [0.5, 0.6) is 0 Å². The summed E-state index contributed by atoms with van der Waals surface area (Å²) >= 11 is 0. The second-order valence-corrected chi connectivity index (χ2v) is 19.0. The average Bonchev–Trinajstić information content (AvgIpc) is 3.69. The van der Waals surface area contributed by atoms with Crippen molar-refractivity contribution in [3.63, 3.8) is 0 Å². The van der Waals surface area contributed by atoms with Crippen molar-refractivity contribution in [1.29, 1.82) is 5.26 Å². The highest BCUT2D eigenvalue weighted by Gasteiger charge is 2.40. The van der Waals surface area contributed by atoms with Crippen molar-refractivity contribution in [2.75, 3.05) is 21.1 Å². The summed E-state index contributed by atoms with van der Waals surface area (Å²) in [6.07, 6.45) is 0.430. The SMILES string of the molecule is CC(C)C[C@@H]1NC(=O)[C@H](Cc2cn(Cc3ccccc3)nn2)N(C)C(=O)[C@H](CC(C)C)NC(=O)[C@H](CC(C)C)N(C)C(=O)[C@H](CC(C)C)NC(=O)[C@@H](CCC#N)OC(=O)[C@H](C)N(C)C1=O. The van der Waals surface area contributed by atoms with Gasteiger partial charge >= 0.3 is 5.97 Å². The number of aromatic nitrogens is 3. The van der Waals surface area contributed by atoms with E-state index in [1.807, 2.05) is 91.8 Å². The van der Waals surface area contributed by atoms with Gasteiger partial charge in [0.2, 0.25) is 29.5 Å². The highest BCUT2D eigenvalue weighted by Crippen LogP contribution is 2.20. The lowest BCUT2D eigenvalue weighted by atomic mass is 9.97. The molecule has 0 spiro atoms. The third-order valence-corrected chi connectivity index (χ3v) is 11.4. The van der Waals surface area contributed by atoms with Crippen LogP contribution in [0.1, 0.15) is 112 Å². The number of ether oxygens (including phenoxy) is 1. The van der Waals surface area contributed by atoms with Crippen molar-refractivity contribution in [1.82, 2.24) is 45.6 Å². The summed E-state index contributed by atoms with van der Waals surface area (Å²) in [5.41, 5.74) is 1.36. The van der Waals surface area contributed by atoms with Crippen LogP contribution >= 0.6 is 0 Å². The Hall–Kier alpha value is -5.86. The third kappa shape index (κ3) is 16.0. The zero-order chi connectivity index (χ0) is 48.7. The van der Waals surface area contributed by atoms with Crippen molar-refractivity contribution >= 4 is 41.4 Å². The molecule has 3 N–H and O–H groups in total. The Bertz CT molecular complexity index is 1980. The predicted molar refractivity (Wildman–Crippen MR) is 243 cm³/mol. The fraction of sp³-hybridized carbons (Fsp3) is 0.660. The zero-order valence-corrected chi connectivity index (χ0v) is 40.4. The summed E-state index contributed by atoms with van der Waals surface area (Å²) < 4.78 is 7.32. The summed E-state index contributed by atoms with van der Waals surface area (Å²) in [4.78, 5) is 104. The van der Waals surface area contributed by atoms with Crippen LogP contribution in [0.15, 0.2) is 36.5 Å². The number of amides is 6. The lowest BCUT2D eigenvalue weighted by Crippen LogP contribution is -2.60. The van der Waals surface area contributed by atoms with Gasteiger partial charge in [-0.05, 0) is 61.8 Å². The molecule has 1 aromatic heterocycles. The minimum atomic E-state index is -1.50. The van der Waals surface area contributed by atoms with Gasteiger partial charge in [0.05, 0.1) is 18.3 Å². The molecule has 18 nitrogen and oxygen atoms in total. The summed E-state index contributed by atoms with van der Waals surface area (Å²) in [6.45, 7) is 16.9. The van der Waals surface area contributed by atoms with Gasteiger partial charge in [-0.15, -0.1) is 5.10 Å². The molecule has 3 rings (SSSR count). The highest BCUT2D eigenvalue weighted by atomic mass is 16.5. The van der Waals surface area contributed by atoms with E-state index in [0.717, 1.165) is 10.5 Å². The van der Waals surface area contributed by atoms with Crippen molar-refractivity contribution in [2.24, 2.45) is 23.7 Å². The monoisotopic (exact) mass is 905 g/mol. The van der Waals surface area contributed by atoms with E-state index in [2.05, 4.69) is 26.3 Å². The number of carbonyl (C=O) groups is 7. The molecule has 0 unspecified atom stereocenters. The van der Waals surface area contributed by atoms with Gasteiger partial charge in [0.15, 0.2) is 6.10 Å². The first-order valence-electron chi connectivity index (χ1n) is 22.8. The summed E-state index contributed by atoms with van der Waals surface area (Å²) in [5.74, 6) is -5.27. The van der Waals surface area contributed by atoms with Crippen molar-refractivity contribution in [3.8, 4) is 6.07 Å². The number of benzene rings is 1. The van der Waals surface area contributed by atoms with Gasteiger partial charge < -0.3 is 35.4 Å². The molecule has 7 atom stereocenters. The molecule has 0 saturated carbocycles. The van der Waals surface area contributed by atoms with Gasteiger partial charge in [-0.1, -0.05) is 90.9 Å². The van der Waals surface area contributed by atoms with Crippen LogP contribution in [0.4, 0.5) is 0 Å². The lowest BCUT2D eigenvalue weighted by molar-refractivity contribution is -0.163. The molecule has 1 aliphatic heterocycles. The van der Waals surface area contributed by atoms with Crippen molar-refractivity contribution < 1.29 is 38.3 Å². The first-order chi connectivity index (χ1) is 30.5. The Morgan fingerprint density at radius 2 is 1.12 bits per heavy atom. The van der Waals surface area contributed by atoms with Crippen molar-refractivity contribution in [3.05, 3.63) is 47.8 Å². The molecule has 65 heavy (non-hydrogen) atoms. The van der Waals surface area contributed by atoms with Crippen LogP contribution in [0.2, 0.25) is 0 Å². The standard InChI is InChI=1S/C47H72N10O8/c1-28(2)21-35-44(61)54(10)32(9)47(64)65-40(19-16-20-48)43(60)51-37(23-30(5)6)46(63)55(11)38(24-31(7)8)41(58)50-36(22-29(3)4)45(62)56(12)39(42(59)49-35)25-34-27-57(53-52-34)26-33-17-14-13-15-18-33/h13-15,17-18,27-32,35-40H,16,19,21-26H2,1-12H3,(H,49,59)(H,50,58)(H,51,60)/t32-,35-,36-,37-,38-,39-,40+/m0/s1. The molecule has 0 radical (unpaired) electrons. The molecule has 6 amide bonds. The fourth-order valence-electron chi connectivity index (χ4n) is 7.72. The summed E-state index contributed by atoms with van der Waals surface area (Å²) in [5, 5.41) is 26.6. The van der Waals surface area contributed by atoms with Gasteiger partial charge in [-0.3, -0.25) is 28.8 Å². The third-order valence-electron chi connectivity index (χ3n) is 11.4. The maximum atomic E-state index is 14.8. The minimum absolute atomic E-state index is 0.0877. The number of nitrogens with zero attached hydrogens (tertiary/aromatic N) is 7. The summed E-state index contributed by atoms with van der Waals surface area (Å²) in [6, 6.07) is 4.49. The highest BCUT2D eigenvalue weighted by molar-refractivity contribution is 5.97. The van der Waals surface area contributed by atoms with E-state index in [9.17, 15) is 38.8 Å². The number of hydrogen-bond acceptors (Lipinski definition) is 11. The van der Waals surface area contributed by atoms with Gasteiger partial charge in [0.25, 0.3) is 5.91 Å². The van der Waals surface area contributed by atoms with Crippen LogP contribution in [-0.2, 0) is 51.3 Å². The molecule has 1 saturated heterocycles. The smallest absolute Gasteiger partial charge is 0.329 e. The van der Waals surface area contributed by atoms with E-state index in [0.29, 0.717) is 12.2 Å². The van der Waals surface area contributed by atoms with E-state index >= 15 is 0 Å². The minimum Gasteiger partial charge on any atom is -0.451 e. The molecule has 0 aliphatic carbocycles. The maximum absolute atomic E-state index is 14.8. The van der Waals surface area contributed by atoms with E-state index in [-0.39, 0.29) is 68.6 Å². The number of hydrogen-bond donors (Lipinski definition) is 3. The second kappa shape index (κ2) is 25.0. The fourth-order valence-corrected chi connectivity index (χ4v) is 7.72. The molecule has 18 heteroatoms. The number of nitriles is 1. The topological polar surface area (TPSA) is 229 Å². The Morgan fingerprint density at radius 3 is 1.62 bits per heavy atom. The van der Waals surface area contributed by atoms with Crippen molar-refractivity contribution in [2.45, 2.75) is 156 Å². The quantitative estimate of drug-likeness (QED) is 0.233. The molecule has 1 aromatic carbocycles. The van der Waals surface area contributed by atoms with Gasteiger partial charge in [0.1, 0.15) is 36.3 Å². The van der Waals surface area contributed by atoms with Crippen LogP contribution in [0.25, 0.3) is 0 Å². The number of nitrogens with one attached hydrogen (secondary N) is 3. The molecule has 0 bridgehead atoms. The largest absolute Gasteiger partial charge is 0.451 e. The number of rotatable bonds is 14. The zero-order valence-electron chi connectivity index (χ0n) is 40.4. The molecular formula is C47H72N10O8. The Balaban J connectivity index is 2.23. The van der Waals surface area contributed by atoms with E-state index in [1.165, 1.54) is 37.9 Å². The Kier molecular flexibility index (Phi) is 20.6. The van der Waals surface area contributed by atoms with Crippen LogP contribution in [0, 0.1) is 35.0 Å². The number of likely N-dealkylation sites (N-methyl/N-ethyl adjacent to an activating group) is 3. The number of esters is 1. The second-order valence-electron chi connectivity index (χ2n) is 19.0. The van der Waals surface area contributed by atoms with Gasteiger partial charge in [0, 0.05) is 46.6 Å². The van der Waals surface area contributed by atoms with Crippen LogP contribution < -0.4 is 16.0 Å². The summed E-state index contributed by atoms with van der Waals surface area (Å²) in [7, 11) is 4.31. The maximum Gasteiger partial charge on any atom is 0.329 e. The average molecular weight is 905 g/mol. The normalized spacial score (nSPS) is 24.0. The molecule has 2 heterocycles. The van der Waals surface area contributed by atoms with E-state index in [1.54, 1.807) is 10.9 Å². The lowest BCUT2D eigenvalue weighted by Gasteiger charge is -2.35. The molecule has 358 valence electrons. The first-order valence-corrected chi connectivity index (χ1v) is 22.8. The Labute approximate surface area is 384 Å². The van der Waals surface area contributed by atoms with Crippen LogP contribution in [-0.4, -0.2) is 135 Å². The Morgan fingerprint density at radius 1 is 0.662 bits per heavy atom. The van der Waals surface area contributed by atoms with Crippen LogP contribution in [0.3, 0.4) is 0 Å². The van der Waals surface area contributed by atoms with Gasteiger partial charge in [-0.2, -0.15) is 5.26 Å². The number of carbonyl (C=O) groups excluding carboxylic acids is 7. The number of cyclic esters (lactones) is 1. The predicted octanol–water partition coefficient (Wildman–Crippen LogP) is 3.24. The van der Waals surface area contributed by atoms with Gasteiger partial charge in [-0.25, -0.2) is 9.48 Å². The van der Waals surface area contributed by atoms with E-state index in [4.69, 9.17) is 4.74 Å². The molecular weight excluding hydrogens is 833 g/mol. The molecule has 1 fully saturated rings. The first kappa shape index (κ1) is 53.5. The molecule has 2 aromatic rings. The molecule has 1 aliphatic rings. The van der Waals surface area contributed by atoms with E-state index < -0.39 is 83.8 Å².